The van der Waals surface area contributed by atoms with E-state index in [-0.39, 0.29) is 5.82 Å². The molecule has 31 heavy (non-hydrogen) atoms. The van der Waals surface area contributed by atoms with E-state index in [0.717, 1.165) is 35.9 Å². The summed E-state index contributed by atoms with van der Waals surface area (Å²) >= 11 is 0. The van der Waals surface area contributed by atoms with Crippen LogP contribution in [0.1, 0.15) is 17.5 Å². The number of hydrogen-bond donors (Lipinski definition) is 0. The van der Waals surface area contributed by atoms with E-state index in [2.05, 4.69) is 6.58 Å². The van der Waals surface area contributed by atoms with Crippen molar-refractivity contribution in [2.45, 2.75) is 12.8 Å². The minimum Gasteiger partial charge on any atom is -0.206 e. The van der Waals surface area contributed by atoms with Crippen LogP contribution in [0.5, 0.6) is 0 Å². The van der Waals surface area contributed by atoms with Crippen molar-refractivity contribution < 1.29 is 13.2 Å². The van der Waals surface area contributed by atoms with Crippen molar-refractivity contribution in [1.82, 2.24) is 0 Å². The van der Waals surface area contributed by atoms with E-state index < -0.39 is 17.2 Å². The molecule has 0 aliphatic rings. The number of allylic oxidation sites excluding steroid dienone is 1. The van der Waals surface area contributed by atoms with E-state index in [1.54, 1.807) is 36.4 Å². The fourth-order valence-corrected chi connectivity index (χ4v) is 3.68. The number of nitrogens with zero attached hydrogens (tertiary/aromatic N) is 1. The van der Waals surface area contributed by atoms with Gasteiger partial charge >= 0.3 is 0 Å². The molecule has 4 rings (SSSR count). The Labute approximate surface area is 178 Å². The molecule has 0 saturated carbocycles. The first-order chi connectivity index (χ1) is 15.0. The summed E-state index contributed by atoms with van der Waals surface area (Å²) in [4.78, 5) is 0. The van der Waals surface area contributed by atoms with Gasteiger partial charge in [0.05, 0.1) is 0 Å². The van der Waals surface area contributed by atoms with Crippen LogP contribution in [0.15, 0.2) is 79.4 Å². The maximum absolute atomic E-state index is 15.2. The average molecular weight is 413 g/mol. The minimum atomic E-state index is -0.908. The van der Waals surface area contributed by atoms with E-state index in [0.29, 0.717) is 27.6 Å². The number of rotatable bonds is 5. The largest absolute Gasteiger partial charge is 0.206 e. The van der Waals surface area contributed by atoms with Crippen LogP contribution in [-0.4, -0.2) is 0 Å². The average Bonchev–Trinajstić information content (AvgIpc) is 2.78. The zero-order chi connectivity index (χ0) is 22.0. The van der Waals surface area contributed by atoms with Crippen LogP contribution >= 0.6 is 0 Å². The third kappa shape index (κ3) is 3.95. The number of aryl methyl sites for hydroxylation is 1. The highest BCUT2D eigenvalue weighted by Crippen LogP contribution is 2.32. The smallest absolute Gasteiger partial charge is 0.144 e. The third-order valence-corrected chi connectivity index (χ3v) is 5.34. The molecule has 0 bridgehead atoms. The van der Waals surface area contributed by atoms with Crippen molar-refractivity contribution in [3.05, 3.63) is 108 Å². The lowest BCUT2D eigenvalue weighted by Gasteiger charge is -2.10. The summed E-state index contributed by atoms with van der Waals surface area (Å²) < 4.78 is 43.1. The second-order valence-corrected chi connectivity index (χ2v) is 7.31. The van der Waals surface area contributed by atoms with Gasteiger partial charge in [0, 0.05) is 10.9 Å². The van der Waals surface area contributed by atoms with Gasteiger partial charge < -0.3 is 0 Å². The van der Waals surface area contributed by atoms with Gasteiger partial charge in [0.2, 0.25) is 0 Å². The highest BCUT2D eigenvalue weighted by atomic mass is 19.1. The molecule has 4 heteroatoms. The molecule has 0 N–H and O–H groups in total. The number of fused-ring (bicyclic) bond motifs is 1. The minimum absolute atomic E-state index is 0.309. The van der Waals surface area contributed by atoms with Gasteiger partial charge in [0.25, 0.3) is 0 Å². The highest BCUT2D eigenvalue weighted by Gasteiger charge is 2.13. The molecule has 0 fully saturated rings. The van der Waals surface area contributed by atoms with Crippen molar-refractivity contribution in [2.75, 3.05) is 0 Å². The molecule has 0 spiro atoms. The van der Waals surface area contributed by atoms with Gasteiger partial charge in [-0.25, -0.2) is 13.2 Å². The Morgan fingerprint density at radius 1 is 0.806 bits per heavy atom. The number of nitriles is 1. The van der Waals surface area contributed by atoms with Crippen LogP contribution in [0.25, 0.3) is 33.0 Å². The topological polar surface area (TPSA) is 23.8 Å². The first kappa shape index (κ1) is 20.4. The molecule has 1 nitrogen and oxygen atoms in total. The van der Waals surface area contributed by atoms with E-state index in [9.17, 15) is 8.78 Å². The molecule has 0 aliphatic carbocycles. The summed E-state index contributed by atoms with van der Waals surface area (Å²) in [6.45, 7) is 3.73. The highest BCUT2D eigenvalue weighted by molar-refractivity contribution is 5.89. The Kier molecular flexibility index (Phi) is 5.60. The molecule has 4 aromatic rings. The molecular formula is C27H18F3N. The SMILES string of the molecule is C=CCCc1ccc2c(F)c(-c3ccc(-c4cc(F)c(C#N)c(F)c4)cc3)ccc2c1. The molecule has 0 saturated heterocycles. The lowest BCUT2D eigenvalue weighted by molar-refractivity contribution is 0.577. The Hall–Kier alpha value is -3.84. The molecule has 0 heterocycles. The van der Waals surface area contributed by atoms with Gasteiger partial charge in [-0.05, 0) is 52.6 Å². The lowest BCUT2D eigenvalue weighted by Crippen LogP contribution is -1.92. The summed E-state index contributed by atoms with van der Waals surface area (Å²) in [5.41, 5.74) is 2.52. The second kappa shape index (κ2) is 8.49. The van der Waals surface area contributed by atoms with Crippen LogP contribution in [0.3, 0.4) is 0 Å². The van der Waals surface area contributed by atoms with Gasteiger partial charge in [-0.2, -0.15) is 5.26 Å². The van der Waals surface area contributed by atoms with Crippen molar-refractivity contribution in [1.29, 1.82) is 5.26 Å². The second-order valence-electron chi connectivity index (χ2n) is 7.31. The molecule has 0 amide bonds. The Morgan fingerprint density at radius 2 is 1.48 bits per heavy atom. The summed E-state index contributed by atoms with van der Waals surface area (Å²) in [5, 5.41) is 10.2. The van der Waals surface area contributed by atoms with Crippen molar-refractivity contribution in [2.24, 2.45) is 0 Å². The van der Waals surface area contributed by atoms with E-state index in [1.165, 1.54) is 6.07 Å². The standard InChI is InChI=1S/C27H18F3N/c1-2-3-4-17-5-11-23-20(13-17)10-12-22(27(23)30)19-8-6-18(7-9-19)21-14-25(28)24(16-31)26(29)15-21/h2,5-15H,1,3-4H2. The van der Waals surface area contributed by atoms with Crippen molar-refractivity contribution in [3.63, 3.8) is 0 Å². The molecule has 0 aromatic heterocycles. The molecule has 0 atom stereocenters. The predicted molar refractivity (Wildman–Crippen MR) is 118 cm³/mol. The first-order valence-electron chi connectivity index (χ1n) is 9.84. The summed E-state index contributed by atoms with van der Waals surface area (Å²) in [6, 6.07) is 19.9. The monoisotopic (exact) mass is 413 g/mol. The summed E-state index contributed by atoms with van der Waals surface area (Å²) in [5.74, 6) is -2.12. The fourth-order valence-electron chi connectivity index (χ4n) is 3.68. The third-order valence-electron chi connectivity index (χ3n) is 5.34. The Morgan fingerprint density at radius 3 is 2.13 bits per heavy atom. The summed E-state index contributed by atoms with van der Waals surface area (Å²) in [6.07, 6.45) is 3.59. The van der Waals surface area contributed by atoms with Crippen molar-refractivity contribution in [3.8, 4) is 28.3 Å². The molecule has 0 aliphatic heterocycles. The Balaban J connectivity index is 1.68. The van der Waals surface area contributed by atoms with Gasteiger partial charge in [0.15, 0.2) is 0 Å². The van der Waals surface area contributed by atoms with Crippen LogP contribution < -0.4 is 0 Å². The Bertz CT molecular complexity index is 1310. The molecule has 152 valence electrons. The normalized spacial score (nSPS) is 10.8. The molecule has 0 radical (unpaired) electrons. The lowest BCUT2D eigenvalue weighted by atomic mass is 9.96. The first-order valence-corrected chi connectivity index (χ1v) is 9.84. The predicted octanol–water partition coefficient (Wildman–Crippen LogP) is 7.58. The summed E-state index contributed by atoms with van der Waals surface area (Å²) in [7, 11) is 0. The fraction of sp³-hybridized carbons (Fsp3) is 0.0741. The quantitative estimate of drug-likeness (QED) is 0.309. The van der Waals surface area contributed by atoms with E-state index in [4.69, 9.17) is 5.26 Å². The van der Waals surface area contributed by atoms with Gasteiger partial charge in [-0.3, -0.25) is 0 Å². The van der Waals surface area contributed by atoms with E-state index >= 15 is 4.39 Å². The van der Waals surface area contributed by atoms with Crippen LogP contribution in [-0.2, 0) is 6.42 Å². The van der Waals surface area contributed by atoms with Crippen LogP contribution in [0.2, 0.25) is 0 Å². The van der Waals surface area contributed by atoms with Gasteiger partial charge in [-0.15, -0.1) is 6.58 Å². The van der Waals surface area contributed by atoms with Crippen molar-refractivity contribution >= 4 is 10.8 Å². The molecule has 4 aromatic carbocycles. The zero-order valence-corrected chi connectivity index (χ0v) is 16.6. The maximum atomic E-state index is 15.2. The number of halogens is 3. The number of hydrogen-bond acceptors (Lipinski definition) is 1. The zero-order valence-electron chi connectivity index (χ0n) is 16.6. The maximum Gasteiger partial charge on any atom is 0.144 e. The van der Waals surface area contributed by atoms with Gasteiger partial charge in [-0.1, -0.05) is 60.7 Å². The molecular weight excluding hydrogens is 395 g/mol. The number of benzene rings is 4. The van der Waals surface area contributed by atoms with Crippen LogP contribution in [0, 0.1) is 28.8 Å². The molecule has 0 unspecified atom stereocenters. The van der Waals surface area contributed by atoms with E-state index in [1.807, 2.05) is 24.3 Å². The van der Waals surface area contributed by atoms with Crippen LogP contribution in [0.4, 0.5) is 13.2 Å². The van der Waals surface area contributed by atoms with Gasteiger partial charge in [0.1, 0.15) is 29.1 Å².